The van der Waals surface area contributed by atoms with Crippen LogP contribution < -0.4 is 4.90 Å². The second-order valence-electron chi connectivity index (χ2n) is 6.27. The summed E-state index contributed by atoms with van der Waals surface area (Å²) in [6, 6.07) is 7.45. The lowest BCUT2D eigenvalue weighted by molar-refractivity contribution is -0.132. The molecule has 3 aromatic rings. The minimum absolute atomic E-state index is 0.0923. The predicted molar refractivity (Wildman–Crippen MR) is 109 cm³/mol. The van der Waals surface area contributed by atoms with Gasteiger partial charge in [-0.15, -0.1) is 6.58 Å². The van der Waals surface area contributed by atoms with Crippen molar-refractivity contribution in [1.82, 2.24) is 9.97 Å². The van der Waals surface area contributed by atoms with Crippen LogP contribution in [0.4, 0.5) is 5.69 Å². The fraction of sp³-hybridized carbons (Fsp3) is 0.190. The van der Waals surface area contributed by atoms with Gasteiger partial charge >= 0.3 is 11.9 Å². The van der Waals surface area contributed by atoms with Gasteiger partial charge in [0.05, 0.1) is 18.3 Å². The van der Waals surface area contributed by atoms with Crippen molar-refractivity contribution in [3.63, 3.8) is 0 Å². The van der Waals surface area contributed by atoms with Crippen LogP contribution in [0.1, 0.15) is 17.4 Å². The molecule has 0 radical (unpaired) electrons. The fourth-order valence-electron chi connectivity index (χ4n) is 3.02. The molecule has 1 aromatic carbocycles. The van der Waals surface area contributed by atoms with E-state index in [-0.39, 0.29) is 24.4 Å². The van der Waals surface area contributed by atoms with Gasteiger partial charge in [-0.3, -0.25) is 0 Å². The Labute approximate surface area is 161 Å². The number of carboxylic acid groups (broad SMARTS) is 1. The van der Waals surface area contributed by atoms with Crippen molar-refractivity contribution in [2.75, 3.05) is 24.6 Å². The van der Waals surface area contributed by atoms with E-state index >= 15 is 0 Å². The maximum absolute atomic E-state index is 12.0. The Balaban J connectivity index is 2.06. The minimum atomic E-state index is -1.03. The number of aromatic nitrogens is 2. The van der Waals surface area contributed by atoms with E-state index in [4.69, 9.17) is 9.84 Å². The van der Waals surface area contributed by atoms with E-state index in [9.17, 15) is 9.59 Å². The molecule has 144 valence electrons. The number of fused-ring (bicyclic) bond motifs is 3. The van der Waals surface area contributed by atoms with Crippen LogP contribution in [0.5, 0.6) is 0 Å². The highest BCUT2D eigenvalue weighted by atomic mass is 16.5. The quantitative estimate of drug-likeness (QED) is 0.353. The third-order valence-electron chi connectivity index (χ3n) is 4.35. The van der Waals surface area contributed by atoms with Gasteiger partial charge in [0.15, 0.2) is 0 Å². The molecule has 2 N–H and O–H groups in total. The summed E-state index contributed by atoms with van der Waals surface area (Å²) in [5.41, 5.74) is 2.84. The number of carbonyl (C=O) groups excluding carboxylic acids is 1. The Morgan fingerprint density at radius 1 is 1.29 bits per heavy atom. The zero-order valence-corrected chi connectivity index (χ0v) is 15.6. The second-order valence-corrected chi connectivity index (χ2v) is 6.27. The van der Waals surface area contributed by atoms with Gasteiger partial charge in [0.25, 0.3) is 0 Å². The van der Waals surface area contributed by atoms with E-state index in [1.165, 1.54) is 0 Å². The Morgan fingerprint density at radius 2 is 2.04 bits per heavy atom. The van der Waals surface area contributed by atoms with Crippen molar-refractivity contribution in [2.45, 2.75) is 6.92 Å². The van der Waals surface area contributed by atoms with Gasteiger partial charge in [0.2, 0.25) is 0 Å². The molecule has 0 bridgehead atoms. The molecule has 3 rings (SSSR count). The first-order valence-electron chi connectivity index (χ1n) is 8.80. The van der Waals surface area contributed by atoms with Crippen molar-refractivity contribution < 1.29 is 19.4 Å². The predicted octanol–water partition coefficient (Wildman–Crippen LogP) is 3.53. The largest absolute Gasteiger partial charge is 0.478 e. The average Bonchev–Trinajstić information content (AvgIpc) is 3.04. The van der Waals surface area contributed by atoms with Crippen LogP contribution in [-0.2, 0) is 9.53 Å². The molecule has 0 aliphatic rings. The summed E-state index contributed by atoms with van der Waals surface area (Å²) in [5.74, 6) is -1.51. The molecule has 28 heavy (non-hydrogen) atoms. The fourth-order valence-corrected chi connectivity index (χ4v) is 3.02. The smallest absolute Gasteiger partial charge is 0.356 e. The van der Waals surface area contributed by atoms with Crippen LogP contribution in [0.3, 0.4) is 0 Å². The van der Waals surface area contributed by atoms with Crippen LogP contribution in [0.2, 0.25) is 0 Å². The average molecular weight is 379 g/mol. The number of carbonyl (C=O) groups is 2. The number of ether oxygens (including phenoxy) is 1. The van der Waals surface area contributed by atoms with Gasteiger partial charge < -0.3 is 19.7 Å². The Hall–Kier alpha value is -3.61. The molecule has 2 aromatic heterocycles. The lowest BCUT2D eigenvalue weighted by Crippen LogP contribution is -2.27. The van der Waals surface area contributed by atoms with Crippen LogP contribution in [0, 0.1) is 0 Å². The summed E-state index contributed by atoms with van der Waals surface area (Å²) in [6.45, 7) is 10.0. The van der Waals surface area contributed by atoms with Crippen molar-refractivity contribution >= 4 is 39.4 Å². The first-order chi connectivity index (χ1) is 13.4. The van der Waals surface area contributed by atoms with Gasteiger partial charge in [0, 0.05) is 40.6 Å². The van der Waals surface area contributed by atoms with Crippen molar-refractivity contribution in [3.05, 3.63) is 61.0 Å². The number of hydrogen-bond acceptors (Lipinski definition) is 5. The highest BCUT2D eigenvalue weighted by Crippen LogP contribution is 2.29. The molecule has 0 amide bonds. The number of nitrogens with one attached hydrogen (secondary N) is 1. The normalized spacial score (nSPS) is 10.8. The summed E-state index contributed by atoms with van der Waals surface area (Å²) < 4.78 is 5.03. The molecule has 0 aliphatic heterocycles. The first kappa shape index (κ1) is 19.2. The number of carboxylic acids is 1. The number of hydrogen-bond donors (Lipinski definition) is 2. The molecule has 0 saturated carbocycles. The Kier molecular flexibility index (Phi) is 5.44. The van der Waals surface area contributed by atoms with Gasteiger partial charge in [-0.25, -0.2) is 14.6 Å². The monoisotopic (exact) mass is 379 g/mol. The van der Waals surface area contributed by atoms with Crippen LogP contribution in [0.15, 0.2) is 55.3 Å². The molecule has 2 heterocycles. The molecule has 0 unspecified atom stereocenters. The maximum atomic E-state index is 12.0. The molecule has 0 spiro atoms. The van der Waals surface area contributed by atoms with E-state index < -0.39 is 11.9 Å². The van der Waals surface area contributed by atoms with Crippen LogP contribution in [-0.4, -0.2) is 46.7 Å². The molecule has 0 atom stereocenters. The maximum Gasteiger partial charge on any atom is 0.356 e. The van der Waals surface area contributed by atoms with E-state index in [1.54, 1.807) is 25.3 Å². The third kappa shape index (κ3) is 3.73. The van der Waals surface area contributed by atoms with E-state index in [2.05, 4.69) is 23.1 Å². The van der Waals surface area contributed by atoms with Gasteiger partial charge in [-0.2, -0.15) is 0 Å². The number of rotatable bonds is 8. The van der Waals surface area contributed by atoms with Crippen molar-refractivity contribution in [2.24, 2.45) is 0 Å². The summed E-state index contributed by atoms with van der Waals surface area (Å²) in [6.07, 6.45) is 3.31. The topological polar surface area (TPSA) is 95.5 Å². The Bertz CT molecular complexity index is 1080. The van der Waals surface area contributed by atoms with Gasteiger partial charge in [0.1, 0.15) is 5.69 Å². The van der Waals surface area contributed by atoms with Crippen molar-refractivity contribution in [3.8, 4) is 0 Å². The van der Waals surface area contributed by atoms with Crippen LogP contribution >= 0.6 is 0 Å². The zero-order valence-electron chi connectivity index (χ0n) is 15.6. The highest BCUT2D eigenvalue weighted by Gasteiger charge is 2.15. The molecule has 0 saturated heterocycles. The van der Waals surface area contributed by atoms with Gasteiger partial charge in [-0.05, 0) is 31.2 Å². The summed E-state index contributed by atoms with van der Waals surface area (Å²) in [7, 11) is 0. The van der Waals surface area contributed by atoms with E-state index in [0.29, 0.717) is 6.54 Å². The van der Waals surface area contributed by atoms with Crippen molar-refractivity contribution in [1.29, 1.82) is 0 Å². The molecule has 0 aliphatic carbocycles. The Morgan fingerprint density at radius 3 is 2.71 bits per heavy atom. The zero-order chi connectivity index (χ0) is 20.3. The van der Waals surface area contributed by atoms with Gasteiger partial charge in [-0.1, -0.05) is 12.7 Å². The lowest BCUT2D eigenvalue weighted by atomic mass is 10.1. The van der Waals surface area contributed by atoms with E-state index in [0.717, 1.165) is 27.5 Å². The standard InChI is InChI=1S/C21H21N3O4/c1-4-8-24(12-13(3)20(25)26)14-6-7-17-15(9-14)16-10-18(21(27)28-5-2)22-11-19(16)23-17/h4,6-7,9-11,23H,1,3,5,8,12H2,2H3,(H,25,26). The SMILES string of the molecule is C=CCN(CC(=C)C(=O)O)c1ccc2[nH]c3cnc(C(=O)OCC)cc3c2c1. The number of benzene rings is 1. The van der Waals surface area contributed by atoms with Crippen LogP contribution in [0.25, 0.3) is 21.8 Å². The molecular formula is C21H21N3O4. The number of aliphatic carboxylic acids is 1. The molecule has 0 fully saturated rings. The number of nitrogens with zero attached hydrogens (tertiary/aromatic N) is 2. The number of pyridine rings is 1. The summed E-state index contributed by atoms with van der Waals surface area (Å²) in [5, 5.41) is 10.9. The number of anilines is 1. The first-order valence-corrected chi connectivity index (χ1v) is 8.80. The van der Waals surface area contributed by atoms with E-state index in [1.807, 2.05) is 23.1 Å². The third-order valence-corrected chi connectivity index (χ3v) is 4.35. The number of esters is 1. The number of H-pyrrole nitrogens is 1. The molecule has 7 nitrogen and oxygen atoms in total. The minimum Gasteiger partial charge on any atom is -0.478 e. The molecular weight excluding hydrogens is 358 g/mol. The summed E-state index contributed by atoms with van der Waals surface area (Å²) in [4.78, 5) is 32.5. The molecule has 7 heteroatoms. The summed E-state index contributed by atoms with van der Waals surface area (Å²) >= 11 is 0. The number of aromatic amines is 1. The second kappa shape index (κ2) is 7.96. The highest BCUT2D eigenvalue weighted by molar-refractivity contribution is 6.09. The lowest BCUT2D eigenvalue weighted by Gasteiger charge is -2.23.